The minimum Gasteiger partial charge on any atom is -0.243 e. The van der Waals surface area contributed by atoms with Gasteiger partial charge in [0.15, 0.2) is 0 Å². The molecule has 1 heterocycles. The summed E-state index contributed by atoms with van der Waals surface area (Å²) in [6, 6.07) is 2.06. The van der Waals surface area contributed by atoms with Gasteiger partial charge < -0.3 is 0 Å². The van der Waals surface area contributed by atoms with Gasteiger partial charge in [0.2, 0.25) is 0 Å². The minimum absolute atomic E-state index is 0.613. The van der Waals surface area contributed by atoms with Crippen LogP contribution in [0.5, 0.6) is 0 Å². The molecule has 0 amide bonds. The second kappa shape index (κ2) is 3.98. The average molecular weight is 188 g/mol. The summed E-state index contributed by atoms with van der Waals surface area (Å²) >= 11 is 7.56. The van der Waals surface area contributed by atoms with Crippen molar-refractivity contribution in [3.63, 3.8) is 0 Å². The third-order valence-electron chi connectivity index (χ3n) is 1.24. The monoisotopic (exact) mass is 187 g/mol. The first-order valence-corrected chi connectivity index (χ1v) is 4.85. The van der Waals surface area contributed by atoms with Gasteiger partial charge in [0.05, 0.1) is 0 Å². The Labute approximate surface area is 76.2 Å². The van der Waals surface area contributed by atoms with Gasteiger partial charge in [0.25, 0.3) is 0 Å². The lowest BCUT2D eigenvalue weighted by Gasteiger charge is -2.00. The van der Waals surface area contributed by atoms with E-state index in [2.05, 4.69) is 18.0 Å². The van der Waals surface area contributed by atoms with E-state index in [4.69, 9.17) is 11.6 Å². The van der Waals surface area contributed by atoms with Crippen LogP contribution in [-0.2, 0) is 0 Å². The predicted molar refractivity (Wildman–Crippen MR) is 50.4 cm³/mol. The molecule has 1 aromatic rings. The smallest absolute Gasteiger partial charge is 0.142 e. The molecule has 0 aliphatic rings. The predicted octanol–water partition coefficient (Wildman–Crippen LogP) is 3.16. The van der Waals surface area contributed by atoms with Crippen LogP contribution < -0.4 is 0 Å². The van der Waals surface area contributed by atoms with Crippen molar-refractivity contribution < 1.29 is 0 Å². The quantitative estimate of drug-likeness (QED) is 0.521. The van der Waals surface area contributed by atoms with Gasteiger partial charge in [0.1, 0.15) is 5.15 Å². The highest BCUT2D eigenvalue weighted by Gasteiger charge is 1.99. The van der Waals surface area contributed by atoms with Crippen molar-refractivity contribution in [2.45, 2.75) is 18.7 Å². The first-order chi connectivity index (χ1) is 5.24. The van der Waals surface area contributed by atoms with Crippen LogP contribution in [-0.4, -0.2) is 10.7 Å². The standard InChI is InChI=1S/C8H10ClNS/c1-3-11-7-4-6(2)5-10-8(7)9/h4-5H,3H2,1-2H3. The summed E-state index contributed by atoms with van der Waals surface area (Å²) in [5.74, 6) is 1.03. The lowest BCUT2D eigenvalue weighted by atomic mass is 10.3. The third kappa shape index (κ3) is 2.38. The van der Waals surface area contributed by atoms with Crippen molar-refractivity contribution in [2.24, 2.45) is 0 Å². The second-order valence-electron chi connectivity index (χ2n) is 2.23. The highest BCUT2D eigenvalue weighted by Crippen LogP contribution is 2.25. The number of pyridine rings is 1. The van der Waals surface area contributed by atoms with Gasteiger partial charge in [-0.15, -0.1) is 11.8 Å². The molecule has 0 radical (unpaired) electrons. The second-order valence-corrected chi connectivity index (χ2v) is 3.90. The molecule has 1 rings (SSSR count). The lowest BCUT2D eigenvalue weighted by Crippen LogP contribution is -1.82. The average Bonchev–Trinajstić information content (AvgIpc) is 1.98. The fourth-order valence-electron chi connectivity index (χ4n) is 0.782. The van der Waals surface area contributed by atoms with E-state index in [1.165, 1.54) is 0 Å². The number of halogens is 1. The van der Waals surface area contributed by atoms with Gasteiger partial charge in [-0.25, -0.2) is 4.98 Å². The van der Waals surface area contributed by atoms with Crippen molar-refractivity contribution in [1.29, 1.82) is 0 Å². The SMILES string of the molecule is CCSc1cc(C)cnc1Cl. The maximum atomic E-state index is 5.84. The van der Waals surface area contributed by atoms with Crippen molar-refractivity contribution >= 4 is 23.4 Å². The van der Waals surface area contributed by atoms with Gasteiger partial charge >= 0.3 is 0 Å². The van der Waals surface area contributed by atoms with E-state index in [1.807, 2.05) is 6.92 Å². The number of rotatable bonds is 2. The Morgan fingerprint density at radius 1 is 1.64 bits per heavy atom. The zero-order valence-electron chi connectivity index (χ0n) is 6.60. The Balaban J connectivity index is 2.93. The summed E-state index contributed by atoms with van der Waals surface area (Å²) in [4.78, 5) is 5.12. The molecule has 1 nitrogen and oxygen atoms in total. The van der Waals surface area contributed by atoms with Crippen LogP contribution in [0.2, 0.25) is 5.15 Å². The molecule has 0 saturated heterocycles. The first-order valence-electron chi connectivity index (χ1n) is 3.49. The number of aromatic nitrogens is 1. The molecule has 3 heteroatoms. The van der Waals surface area contributed by atoms with E-state index in [0.717, 1.165) is 16.2 Å². The Hall–Kier alpha value is -0.210. The van der Waals surface area contributed by atoms with Gasteiger partial charge in [-0.05, 0) is 24.3 Å². The van der Waals surface area contributed by atoms with Crippen LogP contribution in [0.1, 0.15) is 12.5 Å². The van der Waals surface area contributed by atoms with Crippen LogP contribution in [0.15, 0.2) is 17.2 Å². The number of hydrogen-bond donors (Lipinski definition) is 0. The molecule has 0 atom stereocenters. The molecular formula is C8H10ClNS. The maximum Gasteiger partial charge on any atom is 0.142 e. The topological polar surface area (TPSA) is 12.9 Å². The molecule has 0 aromatic carbocycles. The number of nitrogens with zero attached hydrogens (tertiary/aromatic N) is 1. The largest absolute Gasteiger partial charge is 0.243 e. The third-order valence-corrected chi connectivity index (χ3v) is 2.57. The molecular weight excluding hydrogens is 178 g/mol. The molecule has 0 unspecified atom stereocenters. The van der Waals surface area contributed by atoms with Crippen LogP contribution in [0.4, 0.5) is 0 Å². The molecule has 11 heavy (non-hydrogen) atoms. The molecule has 0 fully saturated rings. The summed E-state index contributed by atoms with van der Waals surface area (Å²) in [5, 5.41) is 0.613. The van der Waals surface area contributed by atoms with E-state index in [9.17, 15) is 0 Å². The molecule has 1 aromatic heterocycles. The molecule has 0 bridgehead atoms. The zero-order chi connectivity index (χ0) is 8.27. The minimum atomic E-state index is 0.613. The molecule has 0 N–H and O–H groups in total. The summed E-state index contributed by atoms with van der Waals surface area (Å²) in [7, 11) is 0. The molecule has 0 aliphatic heterocycles. The normalized spacial score (nSPS) is 10.1. The van der Waals surface area contributed by atoms with E-state index >= 15 is 0 Å². The van der Waals surface area contributed by atoms with Crippen molar-refractivity contribution in [3.05, 3.63) is 23.0 Å². The summed E-state index contributed by atoms with van der Waals surface area (Å²) in [5.41, 5.74) is 1.16. The lowest BCUT2D eigenvalue weighted by molar-refractivity contribution is 1.19. The van der Waals surface area contributed by atoms with Crippen LogP contribution in [0, 0.1) is 6.92 Å². The zero-order valence-corrected chi connectivity index (χ0v) is 8.17. The van der Waals surface area contributed by atoms with Gasteiger partial charge in [-0.1, -0.05) is 18.5 Å². The first kappa shape index (κ1) is 8.88. The fraction of sp³-hybridized carbons (Fsp3) is 0.375. The Bertz CT molecular complexity index is 250. The molecule has 0 saturated carbocycles. The number of thioether (sulfide) groups is 1. The maximum absolute atomic E-state index is 5.84. The number of hydrogen-bond acceptors (Lipinski definition) is 2. The Morgan fingerprint density at radius 3 is 3.00 bits per heavy atom. The van der Waals surface area contributed by atoms with Crippen LogP contribution in [0.3, 0.4) is 0 Å². The van der Waals surface area contributed by atoms with Crippen molar-refractivity contribution in [3.8, 4) is 0 Å². The summed E-state index contributed by atoms with van der Waals surface area (Å²) < 4.78 is 0. The van der Waals surface area contributed by atoms with Gasteiger partial charge in [-0.3, -0.25) is 0 Å². The summed E-state index contributed by atoms with van der Waals surface area (Å²) in [6.07, 6.45) is 1.78. The van der Waals surface area contributed by atoms with Gasteiger partial charge in [-0.2, -0.15) is 0 Å². The number of aryl methyl sites for hydroxylation is 1. The van der Waals surface area contributed by atoms with Gasteiger partial charge in [0, 0.05) is 11.1 Å². The highest BCUT2D eigenvalue weighted by atomic mass is 35.5. The van der Waals surface area contributed by atoms with E-state index < -0.39 is 0 Å². The van der Waals surface area contributed by atoms with Crippen molar-refractivity contribution in [1.82, 2.24) is 4.98 Å². The molecule has 0 spiro atoms. The Morgan fingerprint density at radius 2 is 2.36 bits per heavy atom. The van der Waals surface area contributed by atoms with Crippen LogP contribution in [0.25, 0.3) is 0 Å². The van der Waals surface area contributed by atoms with E-state index in [0.29, 0.717) is 5.15 Å². The van der Waals surface area contributed by atoms with Crippen molar-refractivity contribution in [2.75, 3.05) is 5.75 Å². The van der Waals surface area contributed by atoms with E-state index in [1.54, 1.807) is 18.0 Å². The highest BCUT2D eigenvalue weighted by molar-refractivity contribution is 7.99. The fourth-order valence-corrected chi connectivity index (χ4v) is 1.80. The Kier molecular flexibility index (Phi) is 3.21. The van der Waals surface area contributed by atoms with E-state index in [-0.39, 0.29) is 0 Å². The molecule has 0 aliphatic carbocycles. The molecule has 60 valence electrons. The van der Waals surface area contributed by atoms with Crippen LogP contribution >= 0.6 is 23.4 Å². The summed E-state index contributed by atoms with van der Waals surface area (Å²) in [6.45, 7) is 4.12.